The number of fused-ring (bicyclic) bond motifs is 1. The molecule has 29 heavy (non-hydrogen) atoms. The highest BCUT2D eigenvalue weighted by atomic mass is 16.4. The van der Waals surface area contributed by atoms with Crippen LogP contribution in [0.3, 0.4) is 0 Å². The number of allylic oxidation sites excluding steroid dienone is 1. The molecule has 4 N–H and O–H groups in total. The molecule has 1 aliphatic heterocycles. The fraction of sp³-hybridized carbons (Fsp3) is 0.211. The number of hydrogen-bond donors (Lipinski definition) is 4. The number of hydrogen-bond acceptors (Lipinski definition) is 6. The number of carbonyl (C=O) groups is 5. The minimum Gasteiger partial charge on any atom is -0.478 e. The number of amides is 4. The van der Waals surface area contributed by atoms with Gasteiger partial charge < -0.3 is 20.8 Å². The van der Waals surface area contributed by atoms with Gasteiger partial charge in [-0.25, -0.2) is 4.79 Å². The van der Waals surface area contributed by atoms with Gasteiger partial charge in [-0.3, -0.25) is 24.1 Å². The summed E-state index contributed by atoms with van der Waals surface area (Å²) in [5.41, 5.74) is 0.655. The van der Waals surface area contributed by atoms with Crippen LogP contribution in [0.15, 0.2) is 48.1 Å². The molecule has 152 valence electrons. The Morgan fingerprint density at radius 2 is 1.69 bits per heavy atom. The molecule has 0 radical (unpaired) electrons. The molecule has 0 aliphatic carbocycles. The fourth-order valence-electron chi connectivity index (χ4n) is 2.42. The molecule has 1 heterocycles. The molecule has 1 aromatic rings. The van der Waals surface area contributed by atoms with E-state index in [4.69, 9.17) is 10.2 Å². The van der Waals surface area contributed by atoms with E-state index in [1.54, 1.807) is 12.1 Å². The van der Waals surface area contributed by atoms with Crippen molar-refractivity contribution in [3.05, 3.63) is 59.2 Å². The minimum atomic E-state index is -2.06. The summed E-state index contributed by atoms with van der Waals surface area (Å²) in [7, 11) is 0. The molecular formula is C19H19N3O7. The zero-order valence-corrected chi connectivity index (χ0v) is 15.5. The Kier molecular flexibility index (Phi) is 6.63. The Morgan fingerprint density at radius 3 is 2.21 bits per heavy atom. The summed E-state index contributed by atoms with van der Waals surface area (Å²) in [6.45, 7) is 4.60. The van der Waals surface area contributed by atoms with Gasteiger partial charge in [0.1, 0.15) is 6.67 Å². The Hall–Kier alpha value is -3.79. The van der Waals surface area contributed by atoms with Crippen molar-refractivity contribution in [1.29, 1.82) is 0 Å². The molecule has 1 unspecified atom stereocenters. The summed E-state index contributed by atoms with van der Waals surface area (Å²) >= 11 is 0. The average Bonchev–Trinajstić information content (AvgIpc) is 2.94. The van der Waals surface area contributed by atoms with Crippen LogP contribution in [0.4, 0.5) is 0 Å². The Bertz CT molecular complexity index is 900. The van der Waals surface area contributed by atoms with Gasteiger partial charge in [-0.2, -0.15) is 0 Å². The van der Waals surface area contributed by atoms with Gasteiger partial charge in [0.25, 0.3) is 11.8 Å². The number of benzene rings is 1. The molecule has 4 amide bonds. The van der Waals surface area contributed by atoms with Crippen molar-refractivity contribution in [3.8, 4) is 0 Å². The van der Waals surface area contributed by atoms with Crippen LogP contribution in [0.2, 0.25) is 0 Å². The van der Waals surface area contributed by atoms with E-state index < -0.39 is 35.8 Å². The number of rotatable bonds is 8. The highest BCUT2D eigenvalue weighted by molar-refractivity contribution is 6.21. The first kappa shape index (κ1) is 21.5. The van der Waals surface area contributed by atoms with Gasteiger partial charge >= 0.3 is 5.97 Å². The predicted octanol–water partition coefficient (Wildman–Crippen LogP) is -0.232. The van der Waals surface area contributed by atoms with Crippen molar-refractivity contribution in [2.75, 3.05) is 6.67 Å². The van der Waals surface area contributed by atoms with Crippen LogP contribution in [0.25, 0.3) is 0 Å². The van der Waals surface area contributed by atoms with Crippen molar-refractivity contribution >= 4 is 29.6 Å². The summed E-state index contributed by atoms with van der Waals surface area (Å²) < 4.78 is 0. The molecule has 0 spiro atoms. The maximum absolute atomic E-state index is 12.2. The number of nitrogens with one attached hydrogen (secondary N) is 2. The molecule has 0 aromatic heterocycles. The van der Waals surface area contributed by atoms with Crippen LogP contribution in [-0.4, -0.2) is 57.6 Å². The van der Waals surface area contributed by atoms with Gasteiger partial charge in [0.05, 0.1) is 11.1 Å². The third-order valence-electron chi connectivity index (χ3n) is 4.11. The lowest BCUT2D eigenvalue weighted by Gasteiger charge is -2.15. The molecule has 10 nitrogen and oxygen atoms in total. The van der Waals surface area contributed by atoms with E-state index in [-0.39, 0.29) is 35.4 Å². The first-order valence-corrected chi connectivity index (χ1v) is 8.43. The first-order chi connectivity index (χ1) is 13.6. The van der Waals surface area contributed by atoms with Crippen molar-refractivity contribution in [3.63, 3.8) is 0 Å². The van der Waals surface area contributed by atoms with Gasteiger partial charge in [0.2, 0.25) is 18.0 Å². The van der Waals surface area contributed by atoms with Crippen molar-refractivity contribution in [1.82, 2.24) is 15.5 Å². The topological polar surface area (TPSA) is 153 Å². The van der Waals surface area contributed by atoms with Crippen LogP contribution in [0.5, 0.6) is 0 Å². The largest absolute Gasteiger partial charge is 0.478 e. The monoisotopic (exact) mass is 401 g/mol. The Balaban J connectivity index is 1.89. The predicted molar refractivity (Wildman–Crippen MR) is 99.3 cm³/mol. The van der Waals surface area contributed by atoms with Gasteiger partial charge in [0, 0.05) is 11.1 Å². The molecular weight excluding hydrogens is 382 g/mol. The molecule has 1 atom stereocenters. The van der Waals surface area contributed by atoms with Crippen molar-refractivity contribution in [2.24, 2.45) is 0 Å². The summed E-state index contributed by atoms with van der Waals surface area (Å²) in [6.07, 6.45) is -0.774. The van der Waals surface area contributed by atoms with Crippen LogP contribution >= 0.6 is 0 Å². The van der Waals surface area contributed by atoms with E-state index in [2.05, 4.69) is 11.9 Å². The standard InChI is InChI=1S/C19H19N3O7/c1-10(7-8-11(2)15(24)21-16(25)19(28)29)14(23)20-9-22-17(26)12-5-3-4-6-13(12)18(22)27/h3-7,16,25H,2,8-9H2,1H3,(H,20,23)(H,21,24)(H,28,29). The maximum atomic E-state index is 12.2. The van der Waals surface area contributed by atoms with Crippen LogP contribution in [-0.2, 0) is 14.4 Å². The van der Waals surface area contributed by atoms with Crippen LogP contribution in [0.1, 0.15) is 34.1 Å². The number of aliphatic hydroxyl groups excluding tert-OH is 1. The first-order valence-electron chi connectivity index (χ1n) is 8.43. The van der Waals surface area contributed by atoms with Crippen molar-refractivity contribution in [2.45, 2.75) is 19.6 Å². The van der Waals surface area contributed by atoms with E-state index in [0.29, 0.717) is 0 Å². The zero-order valence-electron chi connectivity index (χ0n) is 15.5. The number of carboxylic acids is 1. The van der Waals surface area contributed by atoms with Crippen molar-refractivity contribution < 1.29 is 34.2 Å². The molecule has 0 saturated heterocycles. The van der Waals surface area contributed by atoms with Crippen LogP contribution < -0.4 is 10.6 Å². The number of nitrogens with zero attached hydrogens (tertiary/aromatic N) is 1. The quantitative estimate of drug-likeness (QED) is 0.267. The summed E-state index contributed by atoms with van der Waals surface area (Å²) in [5, 5.41) is 21.9. The van der Waals surface area contributed by atoms with E-state index in [0.717, 1.165) is 4.90 Å². The Labute approximate surface area is 165 Å². The van der Waals surface area contributed by atoms with Gasteiger partial charge in [0.15, 0.2) is 0 Å². The third-order valence-corrected chi connectivity index (χ3v) is 4.11. The number of carbonyl (C=O) groups excluding carboxylic acids is 4. The van der Waals surface area contributed by atoms with E-state index >= 15 is 0 Å². The second-order valence-electron chi connectivity index (χ2n) is 6.16. The number of aliphatic hydroxyl groups is 1. The van der Waals surface area contributed by atoms with E-state index in [1.807, 2.05) is 5.32 Å². The lowest BCUT2D eigenvalue weighted by atomic mass is 10.1. The SMILES string of the molecule is C=C(CC=C(C)C(=O)NCN1C(=O)c2ccccc2C1=O)C(=O)NC(O)C(=O)O. The normalized spacial score (nSPS) is 14.3. The highest BCUT2D eigenvalue weighted by Crippen LogP contribution is 2.21. The summed E-state index contributed by atoms with van der Waals surface area (Å²) in [5.74, 6) is -4.08. The fourth-order valence-corrected chi connectivity index (χ4v) is 2.42. The molecule has 1 aliphatic rings. The lowest BCUT2D eigenvalue weighted by Crippen LogP contribution is -2.41. The molecule has 0 saturated carbocycles. The number of imide groups is 1. The minimum absolute atomic E-state index is 0.0715. The van der Waals surface area contributed by atoms with E-state index in [1.165, 1.54) is 25.1 Å². The third kappa shape index (κ3) is 4.93. The smallest absolute Gasteiger partial charge is 0.353 e. The van der Waals surface area contributed by atoms with Gasteiger partial charge in [-0.05, 0) is 25.5 Å². The van der Waals surface area contributed by atoms with Gasteiger partial charge in [-0.15, -0.1) is 0 Å². The lowest BCUT2D eigenvalue weighted by molar-refractivity contribution is -0.150. The molecule has 2 rings (SSSR count). The number of carboxylic acid groups (broad SMARTS) is 1. The molecule has 0 bridgehead atoms. The second kappa shape index (κ2) is 8.93. The van der Waals surface area contributed by atoms with E-state index in [9.17, 15) is 24.0 Å². The summed E-state index contributed by atoms with van der Waals surface area (Å²) in [6, 6.07) is 6.33. The summed E-state index contributed by atoms with van der Waals surface area (Å²) in [4.78, 5) is 59.7. The molecule has 0 fully saturated rings. The Morgan fingerprint density at radius 1 is 1.14 bits per heavy atom. The molecule has 10 heteroatoms. The van der Waals surface area contributed by atoms with Crippen LogP contribution in [0, 0.1) is 0 Å². The maximum Gasteiger partial charge on any atom is 0.353 e. The molecule has 1 aromatic carbocycles. The zero-order chi connectivity index (χ0) is 21.7. The number of aliphatic carboxylic acids is 1. The second-order valence-corrected chi connectivity index (χ2v) is 6.16. The highest BCUT2D eigenvalue weighted by Gasteiger charge is 2.35. The average molecular weight is 401 g/mol. The van der Waals surface area contributed by atoms with Gasteiger partial charge in [-0.1, -0.05) is 24.8 Å².